The normalized spacial score (nSPS) is 10.8. The standard InChI is InChI=1S/C29H30N6O2/c1-4-35(5-2)27-13-10-24(11-14-27)32-31-23-8-6-22(7-9-23)29(36)37-28-15-12-26(20-21(28)3)34-33-25-16-18-30-19-17-25/h6-20,34H,4-5H2,1-3H3,(H,30,33). The minimum absolute atomic E-state index is 0.434. The molecule has 0 spiro atoms. The summed E-state index contributed by atoms with van der Waals surface area (Å²) >= 11 is 0. The molecule has 0 unspecified atom stereocenters. The van der Waals surface area contributed by atoms with Gasteiger partial charge in [-0.3, -0.25) is 4.98 Å². The van der Waals surface area contributed by atoms with Crippen LogP contribution in [-0.2, 0) is 0 Å². The number of carbonyl (C=O) groups is 1. The van der Waals surface area contributed by atoms with Crippen LogP contribution < -0.4 is 20.5 Å². The first-order valence-electron chi connectivity index (χ1n) is 12.2. The highest BCUT2D eigenvalue weighted by atomic mass is 16.5. The van der Waals surface area contributed by atoms with E-state index in [4.69, 9.17) is 4.74 Å². The SMILES string of the molecule is CCN(CC)c1ccc(N=Nc2ccc(C(=O)Oc3ccc(NNc4ccncc4)cc3C)cc2)cc1. The molecule has 0 aliphatic heterocycles. The molecule has 2 N–H and O–H groups in total. The van der Waals surface area contributed by atoms with Gasteiger partial charge in [-0.2, -0.15) is 10.2 Å². The Kier molecular flexibility index (Phi) is 8.44. The van der Waals surface area contributed by atoms with Gasteiger partial charge in [-0.05, 0) is 105 Å². The predicted molar refractivity (Wildman–Crippen MR) is 148 cm³/mol. The molecule has 0 fully saturated rings. The molecule has 8 heteroatoms. The number of esters is 1. The lowest BCUT2D eigenvalue weighted by atomic mass is 10.2. The van der Waals surface area contributed by atoms with E-state index >= 15 is 0 Å². The highest BCUT2D eigenvalue weighted by Gasteiger charge is 2.11. The van der Waals surface area contributed by atoms with Crippen molar-refractivity contribution in [1.29, 1.82) is 0 Å². The summed E-state index contributed by atoms with van der Waals surface area (Å²) in [5.41, 5.74) is 11.8. The van der Waals surface area contributed by atoms with Gasteiger partial charge in [-0.25, -0.2) is 4.79 Å². The van der Waals surface area contributed by atoms with Crippen molar-refractivity contribution in [3.63, 3.8) is 0 Å². The average Bonchev–Trinajstić information content (AvgIpc) is 2.94. The first-order valence-corrected chi connectivity index (χ1v) is 12.2. The molecule has 0 radical (unpaired) electrons. The first-order chi connectivity index (χ1) is 18.1. The number of aromatic nitrogens is 1. The van der Waals surface area contributed by atoms with Crippen molar-refractivity contribution in [1.82, 2.24) is 4.98 Å². The van der Waals surface area contributed by atoms with E-state index in [9.17, 15) is 4.79 Å². The fourth-order valence-corrected chi connectivity index (χ4v) is 3.68. The molecule has 0 amide bonds. The number of hydrogen-bond acceptors (Lipinski definition) is 8. The molecule has 4 rings (SSSR count). The number of nitrogens with one attached hydrogen (secondary N) is 2. The zero-order valence-electron chi connectivity index (χ0n) is 21.2. The summed E-state index contributed by atoms with van der Waals surface area (Å²) in [5.74, 6) is 0.0607. The topological polar surface area (TPSA) is 91.2 Å². The third kappa shape index (κ3) is 6.91. The van der Waals surface area contributed by atoms with Gasteiger partial charge in [-0.15, -0.1) is 0 Å². The Morgan fingerprint density at radius 1 is 0.811 bits per heavy atom. The molecule has 4 aromatic rings. The molecule has 3 aromatic carbocycles. The summed E-state index contributed by atoms with van der Waals surface area (Å²) in [6, 6.07) is 24.0. The van der Waals surface area contributed by atoms with E-state index in [1.54, 1.807) is 42.7 Å². The molecule has 8 nitrogen and oxygen atoms in total. The van der Waals surface area contributed by atoms with Crippen LogP contribution in [0.4, 0.5) is 28.4 Å². The molecular formula is C29H30N6O2. The number of nitrogens with zero attached hydrogens (tertiary/aromatic N) is 4. The van der Waals surface area contributed by atoms with Crippen molar-refractivity contribution in [2.75, 3.05) is 28.8 Å². The van der Waals surface area contributed by atoms with E-state index in [0.29, 0.717) is 17.0 Å². The number of rotatable bonds is 10. The van der Waals surface area contributed by atoms with Gasteiger partial charge in [0.25, 0.3) is 0 Å². The second-order valence-corrected chi connectivity index (χ2v) is 8.29. The van der Waals surface area contributed by atoms with Crippen LogP contribution in [0.3, 0.4) is 0 Å². The Bertz CT molecular complexity index is 1340. The maximum absolute atomic E-state index is 12.7. The number of anilines is 3. The van der Waals surface area contributed by atoms with E-state index in [-0.39, 0.29) is 0 Å². The Morgan fingerprint density at radius 2 is 1.41 bits per heavy atom. The van der Waals surface area contributed by atoms with Crippen molar-refractivity contribution in [2.45, 2.75) is 20.8 Å². The number of hydrazine groups is 1. The van der Waals surface area contributed by atoms with Crippen LogP contribution >= 0.6 is 0 Å². The van der Waals surface area contributed by atoms with Gasteiger partial charge < -0.3 is 20.5 Å². The van der Waals surface area contributed by atoms with Crippen LogP contribution in [0.5, 0.6) is 5.75 Å². The summed E-state index contributed by atoms with van der Waals surface area (Å²) in [5, 5.41) is 8.58. The van der Waals surface area contributed by atoms with Crippen LogP contribution in [0.15, 0.2) is 101 Å². The molecule has 1 heterocycles. The molecule has 188 valence electrons. The molecule has 0 atom stereocenters. The molecule has 37 heavy (non-hydrogen) atoms. The monoisotopic (exact) mass is 494 g/mol. The molecule has 1 aromatic heterocycles. The smallest absolute Gasteiger partial charge is 0.343 e. The Labute approximate surface area is 217 Å². The van der Waals surface area contributed by atoms with Gasteiger partial charge in [0.2, 0.25) is 0 Å². The van der Waals surface area contributed by atoms with Crippen molar-refractivity contribution in [3.05, 3.63) is 102 Å². The van der Waals surface area contributed by atoms with Gasteiger partial charge >= 0.3 is 5.97 Å². The lowest BCUT2D eigenvalue weighted by Crippen LogP contribution is -2.21. The van der Waals surface area contributed by atoms with Gasteiger partial charge in [0.15, 0.2) is 0 Å². The Balaban J connectivity index is 1.33. The minimum Gasteiger partial charge on any atom is -0.423 e. The lowest BCUT2D eigenvalue weighted by Gasteiger charge is -2.20. The zero-order chi connectivity index (χ0) is 26.0. The molecule has 0 aliphatic carbocycles. The molecule has 0 bridgehead atoms. The first kappa shape index (κ1) is 25.4. The number of benzene rings is 3. The summed E-state index contributed by atoms with van der Waals surface area (Å²) < 4.78 is 5.61. The fraction of sp³-hybridized carbons (Fsp3) is 0.172. The van der Waals surface area contributed by atoms with Crippen molar-refractivity contribution < 1.29 is 9.53 Å². The lowest BCUT2D eigenvalue weighted by molar-refractivity contribution is 0.0733. The van der Waals surface area contributed by atoms with E-state index in [1.807, 2.05) is 55.5 Å². The van der Waals surface area contributed by atoms with Crippen LogP contribution in [-0.4, -0.2) is 24.0 Å². The third-order valence-electron chi connectivity index (χ3n) is 5.77. The van der Waals surface area contributed by atoms with Crippen LogP contribution in [0.1, 0.15) is 29.8 Å². The van der Waals surface area contributed by atoms with E-state index in [1.165, 1.54) is 0 Å². The van der Waals surface area contributed by atoms with Gasteiger partial charge in [-0.1, -0.05) is 0 Å². The van der Waals surface area contributed by atoms with Gasteiger partial charge in [0, 0.05) is 31.2 Å². The summed E-state index contributed by atoms with van der Waals surface area (Å²) in [6.45, 7) is 8.07. The van der Waals surface area contributed by atoms with Gasteiger partial charge in [0.05, 0.1) is 28.3 Å². The Morgan fingerprint density at radius 3 is 2.00 bits per heavy atom. The number of pyridine rings is 1. The number of hydrogen-bond donors (Lipinski definition) is 2. The van der Waals surface area contributed by atoms with Gasteiger partial charge in [0.1, 0.15) is 5.75 Å². The van der Waals surface area contributed by atoms with Crippen LogP contribution in [0.2, 0.25) is 0 Å². The summed E-state index contributed by atoms with van der Waals surface area (Å²) in [6.07, 6.45) is 3.42. The third-order valence-corrected chi connectivity index (χ3v) is 5.77. The molecule has 0 saturated carbocycles. The minimum atomic E-state index is -0.436. The molecule has 0 aliphatic rings. The summed E-state index contributed by atoms with van der Waals surface area (Å²) in [7, 11) is 0. The molecule has 0 saturated heterocycles. The highest BCUT2D eigenvalue weighted by Crippen LogP contribution is 2.25. The number of azo groups is 1. The van der Waals surface area contributed by atoms with E-state index < -0.39 is 5.97 Å². The fourth-order valence-electron chi connectivity index (χ4n) is 3.68. The predicted octanol–water partition coefficient (Wildman–Crippen LogP) is 7.31. The Hall–Kier alpha value is -4.72. The second kappa shape index (κ2) is 12.3. The average molecular weight is 495 g/mol. The summed E-state index contributed by atoms with van der Waals surface area (Å²) in [4.78, 5) is 18.9. The molecular weight excluding hydrogens is 464 g/mol. The number of carbonyl (C=O) groups excluding carboxylic acids is 1. The number of aryl methyl sites for hydroxylation is 1. The van der Waals surface area contributed by atoms with Crippen LogP contribution in [0, 0.1) is 6.92 Å². The number of ether oxygens (including phenoxy) is 1. The highest BCUT2D eigenvalue weighted by molar-refractivity contribution is 5.91. The van der Waals surface area contributed by atoms with Crippen molar-refractivity contribution in [2.24, 2.45) is 10.2 Å². The van der Waals surface area contributed by atoms with Crippen molar-refractivity contribution in [3.8, 4) is 5.75 Å². The van der Waals surface area contributed by atoms with Crippen LogP contribution in [0.25, 0.3) is 0 Å². The largest absolute Gasteiger partial charge is 0.423 e. The maximum atomic E-state index is 12.7. The van der Waals surface area contributed by atoms with E-state index in [0.717, 1.165) is 41.4 Å². The van der Waals surface area contributed by atoms with Crippen molar-refractivity contribution >= 4 is 34.4 Å². The second-order valence-electron chi connectivity index (χ2n) is 8.29. The van der Waals surface area contributed by atoms with E-state index in [2.05, 4.69) is 44.8 Å². The zero-order valence-corrected chi connectivity index (χ0v) is 21.2. The maximum Gasteiger partial charge on any atom is 0.343 e. The quantitative estimate of drug-likeness (QED) is 0.104.